The number of carbonyl (C=O) groups excluding carboxylic acids is 1. The molecule has 0 bridgehead atoms. The SMILES string of the molecule is C=C[C@@H](NC(=O)OCc1ccccc1)[C@H](C)O. The van der Waals surface area contributed by atoms with Gasteiger partial charge in [0.25, 0.3) is 0 Å². The van der Waals surface area contributed by atoms with Crippen molar-refractivity contribution in [1.82, 2.24) is 5.32 Å². The third kappa shape index (κ3) is 4.70. The first-order valence-corrected chi connectivity index (χ1v) is 5.41. The Morgan fingerprint density at radius 3 is 2.71 bits per heavy atom. The summed E-state index contributed by atoms with van der Waals surface area (Å²) in [4.78, 5) is 11.4. The standard InChI is InChI=1S/C13H17NO3/c1-3-12(10(2)15)14-13(16)17-9-11-7-5-4-6-8-11/h3-8,10,12,15H,1,9H2,2H3,(H,14,16)/t10-,12+/m0/s1. The molecule has 0 heterocycles. The molecule has 1 aromatic rings. The number of aliphatic hydroxyl groups excluding tert-OH is 1. The summed E-state index contributed by atoms with van der Waals surface area (Å²) in [5, 5.41) is 11.8. The molecule has 17 heavy (non-hydrogen) atoms. The predicted octanol–water partition coefficient (Wildman–Crippen LogP) is 1.85. The molecule has 2 atom stereocenters. The minimum absolute atomic E-state index is 0.205. The van der Waals surface area contributed by atoms with Crippen LogP contribution in [0.4, 0.5) is 4.79 Å². The van der Waals surface area contributed by atoms with Crippen molar-refractivity contribution in [3.05, 3.63) is 48.6 Å². The summed E-state index contributed by atoms with van der Waals surface area (Å²) in [5.41, 5.74) is 0.912. The van der Waals surface area contributed by atoms with Gasteiger partial charge in [0.2, 0.25) is 0 Å². The van der Waals surface area contributed by atoms with Crippen LogP contribution in [0.5, 0.6) is 0 Å². The van der Waals surface area contributed by atoms with Gasteiger partial charge in [0.15, 0.2) is 0 Å². The molecule has 4 nitrogen and oxygen atoms in total. The molecule has 0 aliphatic carbocycles. The topological polar surface area (TPSA) is 58.6 Å². The summed E-state index contributed by atoms with van der Waals surface area (Å²) in [5.74, 6) is 0. The minimum Gasteiger partial charge on any atom is -0.445 e. The minimum atomic E-state index is -0.697. The van der Waals surface area contributed by atoms with Crippen molar-refractivity contribution in [2.45, 2.75) is 25.7 Å². The van der Waals surface area contributed by atoms with Crippen LogP contribution >= 0.6 is 0 Å². The number of ether oxygens (including phenoxy) is 1. The molecule has 0 aromatic heterocycles. The molecule has 92 valence electrons. The maximum absolute atomic E-state index is 11.4. The Balaban J connectivity index is 2.37. The zero-order valence-electron chi connectivity index (χ0n) is 9.80. The number of amides is 1. The van der Waals surface area contributed by atoms with E-state index in [2.05, 4.69) is 11.9 Å². The van der Waals surface area contributed by atoms with E-state index in [0.717, 1.165) is 5.56 Å². The first kappa shape index (κ1) is 13.3. The molecule has 0 spiro atoms. The number of benzene rings is 1. The molecule has 0 aliphatic heterocycles. The molecule has 0 unspecified atom stereocenters. The zero-order chi connectivity index (χ0) is 12.7. The zero-order valence-corrected chi connectivity index (χ0v) is 9.80. The fraction of sp³-hybridized carbons (Fsp3) is 0.308. The van der Waals surface area contributed by atoms with Crippen LogP contribution in [-0.2, 0) is 11.3 Å². The van der Waals surface area contributed by atoms with Crippen LogP contribution < -0.4 is 5.32 Å². The summed E-state index contributed by atoms with van der Waals surface area (Å²) in [6.45, 7) is 5.30. The van der Waals surface area contributed by atoms with Crippen molar-refractivity contribution in [2.75, 3.05) is 0 Å². The highest BCUT2D eigenvalue weighted by atomic mass is 16.5. The lowest BCUT2D eigenvalue weighted by Gasteiger charge is -2.17. The fourth-order valence-corrected chi connectivity index (χ4v) is 1.28. The van der Waals surface area contributed by atoms with E-state index in [9.17, 15) is 9.90 Å². The van der Waals surface area contributed by atoms with Gasteiger partial charge in [-0.15, -0.1) is 6.58 Å². The van der Waals surface area contributed by atoms with Gasteiger partial charge in [-0.25, -0.2) is 4.79 Å². The molecular formula is C13H17NO3. The van der Waals surface area contributed by atoms with Gasteiger partial charge >= 0.3 is 6.09 Å². The van der Waals surface area contributed by atoms with Crippen molar-refractivity contribution < 1.29 is 14.6 Å². The van der Waals surface area contributed by atoms with E-state index in [0.29, 0.717) is 0 Å². The molecular weight excluding hydrogens is 218 g/mol. The average molecular weight is 235 g/mol. The number of hydrogen-bond acceptors (Lipinski definition) is 3. The van der Waals surface area contributed by atoms with Crippen LogP contribution in [0.25, 0.3) is 0 Å². The van der Waals surface area contributed by atoms with Crippen LogP contribution in [0, 0.1) is 0 Å². The Bertz CT molecular complexity index is 362. The Morgan fingerprint density at radius 1 is 1.53 bits per heavy atom. The van der Waals surface area contributed by atoms with E-state index in [4.69, 9.17) is 4.74 Å². The monoisotopic (exact) mass is 235 g/mol. The van der Waals surface area contributed by atoms with Crippen molar-refractivity contribution >= 4 is 6.09 Å². The van der Waals surface area contributed by atoms with Crippen molar-refractivity contribution in [2.24, 2.45) is 0 Å². The molecule has 0 saturated carbocycles. The van der Waals surface area contributed by atoms with E-state index in [1.807, 2.05) is 30.3 Å². The van der Waals surface area contributed by atoms with Crippen LogP contribution in [0.15, 0.2) is 43.0 Å². The molecule has 1 rings (SSSR count). The number of rotatable bonds is 5. The third-order valence-corrected chi connectivity index (χ3v) is 2.27. The molecule has 0 fully saturated rings. The number of aliphatic hydroxyl groups is 1. The largest absolute Gasteiger partial charge is 0.445 e. The Morgan fingerprint density at radius 2 is 2.18 bits per heavy atom. The Hall–Kier alpha value is -1.81. The van der Waals surface area contributed by atoms with Crippen LogP contribution in [-0.4, -0.2) is 23.3 Å². The van der Waals surface area contributed by atoms with E-state index in [-0.39, 0.29) is 6.61 Å². The number of carbonyl (C=O) groups is 1. The maximum atomic E-state index is 11.4. The summed E-state index contributed by atoms with van der Waals surface area (Å²) in [6, 6.07) is 8.88. The summed E-state index contributed by atoms with van der Waals surface area (Å²) in [6.07, 6.45) is 0.200. The number of nitrogens with one attached hydrogen (secondary N) is 1. The second kappa shape index (κ2) is 6.70. The Labute approximate surface area is 101 Å². The first-order chi connectivity index (χ1) is 8.13. The highest BCUT2D eigenvalue weighted by Crippen LogP contribution is 2.01. The number of hydrogen-bond donors (Lipinski definition) is 2. The fourth-order valence-electron chi connectivity index (χ4n) is 1.28. The lowest BCUT2D eigenvalue weighted by Crippen LogP contribution is -2.40. The van der Waals surface area contributed by atoms with Gasteiger partial charge in [0.05, 0.1) is 12.1 Å². The first-order valence-electron chi connectivity index (χ1n) is 5.41. The summed E-state index contributed by atoms with van der Waals surface area (Å²) < 4.78 is 5.00. The average Bonchev–Trinajstić information content (AvgIpc) is 2.34. The lowest BCUT2D eigenvalue weighted by atomic mass is 10.2. The third-order valence-electron chi connectivity index (χ3n) is 2.27. The summed E-state index contributed by atoms with van der Waals surface area (Å²) >= 11 is 0. The van der Waals surface area contributed by atoms with E-state index in [1.54, 1.807) is 6.92 Å². The quantitative estimate of drug-likeness (QED) is 0.766. The molecule has 1 amide bonds. The lowest BCUT2D eigenvalue weighted by molar-refractivity contribution is 0.119. The highest BCUT2D eigenvalue weighted by molar-refractivity contribution is 5.68. The Kier molecular flexibility index (Phi) is 5.23. The smallest absolute Gasteiger partial charge is 0.408 e. The van der Waals surface area contributed by atoms with Crippen molar-refractivity contribution in [3.8, 4) is 0 Å². The summed E-state index contributed by atoms with van der Waals surface area (Å²) in [7, 11) is 0. The maximum Gasteiger partial charge on any atom is 0.408 e. The normalized spacial score (nSPS) is 13.5. The molecule has 0 radical (unpaired) electrons. The highest BCUT2D eigenvalue weighted by Gasteiger charge is 2.14. The van der Waals surface area contributed by atoms with Crippen molar-refractivity contribution in [3.63, 3.8) is 0 Å². The number of alkyl carbamates (subject to hydrolysis) is 1. The van der Waals surface area contributed by atoms with E-state index < -0.39 is 18.2 Å². The van der Waals surface area contributed by atoms with E-state index >= 15 is 0 Å². The van der Waals surface area contributed by atoms with Crippen molar-refractivity contribution in [1.29, 1.82) is 0 Å². The van der Waals surface area contributed by atoms with Gasteiger partial charge in [-0.05, 0) is 12.5 Å². The van der Waals surface area contributed by atoms with Gasteiger partial charge in [-0.1, -0.05) is 36.4 Å². The molecule has 4 heteroatoms. The molecule has 2 N–H and O–H groups in total. The molecule has 0 aliphatic rings. The predicted molar refractivity (Wildman–Crippen MR) is 65.4 cm³/mol. The molecule has 0 saturated heterocycles. The van der Waals surface area contributed by atoms with Gasteiger partial charge in [-0.2, -0.15) is 0 Å². The van der Waals surface area contributed by atoms with Crippen LogP contribution in [0.2, 0.25) is 0 Å². The van der Waals surface area contributed by atoms with Gasteiger partial charge < -0.3 is 15.2 Å². The van der Waals surface area contributed by atoms with Gasteiger partial charge in [0, 0.05) is 0 Å². The van der Waals surface area contributed by atoms with Crippen LogP contribution in [0.3, 0.4) is 0 Å². The second-order valence-electron chi connectivity index (χ2n) is 3.71. The second-order valence-corrected chi connectivity index (χ2v) is 3.71. The van der Waals surface area contributed by atoms with E-state index in [1.165, 1.54) is 6.08 Å². The van der Waals surface area contributed by atoms with Gasteiger partial charge in [0.1, 0.15) is 6.61 Å². The molecule has 1 aromatic carbocycles. The van der Waals surface area contributed by atoms with Gasteiger partial charge in [-0.3, -0.25) is 0 Å². The van der Waals surface area contributed by atoms with Crippen LogP contribution in [0.1, 0.15) is 12.5 Å².